The number of ether oxygens (including phenoxy) is 1. The monoisotopic (exact) mass is 322 g/mol. The number of benzene rings is 1. The third kappa shape index (κ3) is 2.84. The van der Waals surface area contributed by atoms with Crippen LogP contribution in [-0.4, -0.2) is 10.5 Å². The molecule has 1 unspecified atom stereocenters. The summed E-state index contributed by atoms with van der Waals surface area (Å²) in [5.74, 6) is 0. The zero-order chi connectivity index (χ0) is 9.97. The molecule has 1 aromatic carbocycles. The molecule has 1 fully saturated rings. The van der Waals surface area contributed by atoms with Gasteiger partial charge in [0.25, 0.3) is 0 Å². The van der Waals surface area contributed by atoms with E-state index in [0.717, 1.165) is 9.45 Å². The summed E-state index contributed by atoms with van der Waals surface area (Å²) >= 11 is 8.20. The Morgan fingerprint density at radius 1 is 1.36 bits per heavy atom. The summed E-state index contributed by atoms with van der Waals surface area (Å²) in [6, 6.07) is 7.95. The molecule has 0 aliphatic heterocycles. The van der Waals surface area contributed by atoms with Crippen molar-refractivity contribution in [2.45, 2.75) is 25.0 Å². The van der Waals surface area contributed by atoms with Gasteiger partial charge in [-0.25, -0.2) is 0 Å². The average Bonchev–Trinajstić information content (AvgIpc) is 3.00. The maximum absolute atomic E-state index is 5.89. The van der Waals surface area contributed by atoms with Gasteiger partial charge in [-0.1, -0.05) is 46.3 Å². The van der Waals surface area contributed by atoms with Gasteiger partial charge in [0.15, 0.2) is 0 Å². The van der Waals surface area contributed by atoms with Crippen LogP contribution in [0.4, 0.5) is 0 Å². The Hall–Kier alpha value is 0.200. The fraction of sp³-hybridized carbons (Fsp3) is 0.455. The van der Waals surface area contributed by atoms with Gasteiger partial charge in [-0.05, 0) is 30.5 Å². The maximum Gasteiger partial charge on any atom is 0.0918 e. The standard InChI is InChI=1S/C11H12ClIO/c12-9-3-1-8(2-4-9)11(7-13)14-10-5-6-10/h1-4,10-11H,5-7H2. The first-order valence-corrected chi connectivity index (χ1v) is 6.67. The Labute approximate surface area is 103 Å². The van der Waals surface area contributed by atoms with E-state index >= 15 is 0 Å². The van der Waals surface area contributed by atoms with Crippen LogP contribution in [0.25, 0.3) is 0 Å². The number of rotatable bonds is 4. The Balaban J connectivity index is 2.05. The van der Waals surface area contributed by atoms with Crippen LogP contribution >= 0.6 is 34.2 Å². The number of hydrogen-bond donors (Lipinski definition) is 0. The van der Waals surface area contributed by atoms with E-state index in [1.54, 1.807) is 0 Å². The largest absolute Gasteiger partial charge is 0.369 e. The molecule has 1 atom stereocenters. The van der Waals surface area contributed by atoms with Crippen LogP contribution in [0.1, 0.15) is 24.5 Å². The van der Waals surface area contributed by atoms with Crippen molar-refractivity contribution in [3.05, 3.63) is 34.9 Å². The van der Waals surface area contributed by atoms with Crippen molar-refractivity contribution in [1.82, 2.24) is 0 Å². The Morgan fingerprint density at radius 3 is 2.50 bits per heavy atom. The van der Waals surface area contributed by atoms with Gasteiger partial charge in [-0.15, -0.1) is 0 Å². The van der Waals surface area contributed by atoms with Gasteiger partial charge in [0.1, 0.15) is 0 Å². The molecule has 3 heteroatoms. The van der Waals surface area contributed by atoms with Crippen LogP contribution in [-0.2, 0) is 4.74 Å². The second-order valence-electron chi connectivity index (χ2n) is 3.53. The fourth-order valence-corrected chi connectivity index (χ4v) is 2.16. The van der Waals surface area contributed by atoms with Crippen molar-refractivity contribution in [1.29, 1.82) is 0 Å². The molecule has 0 saturated heterocycles. The van der Waals surface area contributed by atoms with Crippen LogP contribution in [0.5, 0.6) is 0 Å². The van der Waals surface area contributed by atoms with E-state index in [4.69, 9.17) is 16.3 Å². The second-order valence-corrected chi connectivity index (χ2v) is 4.85. The summed E-state index contributed by atoms with van der Waals surface area (Å²) in [6.45, 7) is 0. The third-order valence-corrected chi connectivity index (χ3v) is 3.31. The lowest BCUT2D eigenvalue weighted by Crippen LogP contribution is -2.06. The van der Waals surface area contributed by atoms with E-state index in [0.29, 0.717) is 6.10 Å². The van der Waals surface area contributed by atoms with Crippen LogP contribution in [0.2, 0.25) is 5.02 Å². The molecule has 0 radical (unpaired) electrons. The molecule has 0 heterocycles. The fourth-order valence-electron chi connectivity index (χ4n) is 1.32. The van der Waals surface area contributed by atoms with E-state index in [-0.39, 0.29) is 6.10 Å². The molecule has 0 bridgehead atoms. The Morgan fingerprint density at radius 2 is 2.00 bits per heavy atom. The summed E-state index contributed by atoms with van der Waals surface area (Å²) < 4.78 is 6.88. The van der Waals surface area contributed by atoms with Gasteiger partial charge in [0, 0.05) is 9.45 Å². The summed E-state index contributed by atoms with van der Waals surface area (Å²) in [6.07, 6.45) is 3.19. The molecule has 1 saturated carbocycles. The molecule has 1 aromatic rings. The maximum atomic E-state index is 5.89. The number of hydrogen-bond acceptors (Lipinski definition) is 1. The predicted molar refractivity (Wildman–Crippen MR) is 67.2 cm³/mol. The number of alkyl halides is 1. The van der Waals surface area contributed by atoms with Crippen LogP contribution in [0, 0.1) is 0 Å². The third-order valence-electron chi connectivity index (χ3n) is 2.26. The van der Waals surface area contributed by atoms with E-state index in [1.807, 2.05) is 24.3 Å². The van der Waals surface area contributed by atoms with Crippen LogP contribution in [0.15, 0.2) is 24.3 Å². The quantitative estimate of drug-likeness (QED) is 0.601. The molecule has 14 heavy (non-hydrogen) atoms. The molecular formula is C11H12ClIO. The highest BCUT2D eigenvalue weighted by molar-refractivity contribution is 14.1. The highest BCUT2D eigenvalue weighted by Crippen LogP contribution is 2.32. The normalized spacial score (nSPS) is 18.1. The zero-order valence-corrected chi connectivity index (χ0v) is 10.7. The summed E-state index contributed by atoms with van der Waals surface area (Å²) in [7, 11) is 0. The van der Waals surface area contributed by atoms with Crippen molar-refractivity contribution in [3.63, 3.8) is 0 Å². The van der Waals surface area contributed by atoms with Crippen LogP contribution in [0.3, 0.4) is 0 Å². The van der Waals surface area contributed by atoms with Crippen molar-refractivity contribution in [2.75, 3.05) is 4.43 Å². The summed E-state index contributed by atoms with van der Waals surface area (Å²) in [5.41, 5.74) is 1.23. The lowest BCUT2D eigenvalue weighted by atomic mass is 10.1. The minimum absolute atomic E-state index is 0.236. The summed E-state index contributed by atoms with van der Waals surface area (Å²) in [4.78, 5) is 0. The van der Waals surface area contributed by atoms with Gasteiger partial charge in [0.05, 0.1) is 12.2 Å². The Kier molecular flexibility index (Phi) is 3.68. The highest BCUT2D eigenvalue weighted by atomic mass is 127. The molecule has 2 rings (SSSR count). The predicted octanol–water partition coefficient (Wildman–Crippen LogP) is 4.00. The first kappa shape index (κ1) is 10.7. The summed E-state index contributed by atoms with van der Waals surface area (Å²) in [5, 5.41) is 0.785. The smallest absolute Gasteiger partial charge is 0.0918 e. The van der Waals surface area contributed by atoms with E-state index in [9.17, 15) is 0 Å². The molecule has 0 amide bonds. The minimum Gasteiger partial charge on any atom is -0.369 e. The average molecular weight is 323 g/mol. The van der Waals surface area contributed by atoms with E-state index in [1.165, 1.54) is 18.4 Å². The number of halogens is 2. The SMILES string of the molecule is Clc1ccc(C(CI)OC2CC2)cc1. The molecule has 0 aromatic heterocycles. The lowest BCUT2D eigenvalue weighted by molar-refractivity contribution is 0.0570. The first-order valence-electron chi connectivity index (χ1n) is 4.76. The van der Waals surface area contributed by atoms with Crippen molar-refractivity contribution >= 4 is 34.2 Å². The molecule has 1 aliphatic rings. The van der Waals surface area contributed by atoms with Gasteiger partial charge in [-0.3, -0.25) is 0 Å². The minimum atomic E-state index is 0.236. The molecule has 1 aliphatic carbocycles. The topological polar surface area (TPSA) is 9.23 Å². The van der Waals surface area contributed by atoms with Crippen molar-refractivity contribution < 1.29 is 4.74 Å². The van der Waals surface area contributed by atoms with E-state index in [2.05, 4.69) is 22.6 Å². The molecule has 1 nitrogen and oxygen atoms in total. The zero-order valence-electron chi connectivity index (χ0n) is 7.75. The molecular weight excluding hydrogens is 310 g/mol. The Bertz CT molecular complexity index is 295. The first-order chi connectivity index (χ1) is 6.79. The molecule has 0 N–H and O–H groups in total. The van der Waals surface area contributed by atoms with Gasteiger partial charge in [0.2, 0.25) is 0 Å². The molecule has 76 valence electrons. The molecule has 0 spiro atoms. The van der Waals surface area contributed by atoms with Gasteiger partial charge < -0.3 is 4.74 Å². The van der Waals surface area contributed by atoms with Crippen molar-refractivity contribution in [3.8, 4) is 0 Å². The highest BCUT2D eigenvalue weighted by Gasteiger charge is 2.26. The van der Waals surface area contributed by atoms with Crippen molar-refractivity contribution in [2.24, 2.45) is 0 Å². The van der Waals surface area contributed by atoms with Crippen LogP contribution < -0.4 is 0 Å². The lowest BCUT2D eigenvalue weighted by Gasteiger charge is -2.15. The van der Waals surface area contributed by atoms with Gasteiger partial charge >= 0.3 is 0 Å². The second kappa shape index (κ2) is 4.81. The van der Waals surface area contributed by atoms with Gasteiger partial charge in [-0.2, -0.15) is 0 Å². The van der Waals surface area contributed by atoms with E-state index < -0.39 is 0 Å².